The Kier molecular flexibility index (Phi) is 3.27. The van der Waals surface area contributed by atoms with Crippen LogP contribution >= 0.6 is 0 Å². The van der Waals surface area contributed by atoms with Crippen LogP contribution in [0.4, 0.5) is 0 Å². The van der Waals surface area contributed by atoms with E-state index in [0.717, 1.165) is 10.9 Å². The summed E-state index contributed by atoms with van der Waals surface area (Å²) in [4.78, 5) is 24.5. The highest BCUT2D eigenvalue weighted by atomic mass is 16.4. The van der Waals surface area contributed by atoms with E-state index in [1.165, 1.54) is 4.68 Å². The zero-order chi connectivity index (χ0) is 16.7. The zero-order valence-corrected chi connectivity index (χ0v) is 13.0. The van der Waals surface area contributed by atoms with E-state index in [2.05, 4.69) is 5.10 Å². The number of benzene rings is 2. The largest absolute Gasteiger partial charge is 0.422 e. The van der Waals surface area contributed by atoms with Crippen molar-refractivity contribution in [1.82, 2.24) is 9.78 Å². The van der Waals surface area contributed by atoms with Gasteiger partial charge in [0.25, 0.3) is 0 Å². The number of Topliss-reactive ketones (excluding diaryl/α,β-unsaturated/α-hetero) is 1. The fourth-order valence-corrected chi connectivity index (χ4v) is 2.73. The van der Waals surface area contributed by atoms with E-state index in [1.807, 2.05) is 31.2 Å². The molecule has 0 aliphatic rings. The molecule has 24 heavy (non-hydrogen) atoms. The highest BCUT2D eigenvalue weighted by Crippen LogP contribution is 2.21. The molecule has 0 amide bonds. The molecule has 2 heterocycles. The van der Waals surface area contributed by atoms with Gasteiger partial charge in [-0.25, -0.2) is 4.79 Å². The summed E-state index contributed by atoms with van der Waals surface area (Å²) in [6.07, 6.45) is 1.57. The van der Waals surface area contributed by atoms with E-state index < -0.39 is 5.63 Å². The molecule has 5 nitrogen and oxygen atoms in total. The van der Waals surface area contributed by atoms with Gasteiger partial charge in [-0.1, -0.05) is 42.0 Å². The van der Waals surface area contributed by atoms with Gasteiger partial charge in [-0.05, 0) is 19.1 Å². The second kappa shape index (κ2) is 5.45. The van der Waals surface area contributed by atoms with Crippen molar-refractivity contribution in [2.45, 2.75) is 13.5 Å². The molecule has 0 bridgehead atoms. The SMILES string of the molecule is Cc1ccc(C(=O)Cn2cc3c(=O)oc4ccccc4c3n2)cc1. The number of aryl methyl sites for hydroxylation is 1. The lowest BCUT2D eigenvalue weighted by molar-refractivity contribution is 0.0968. The molecule has 0 saturated heterocycles. The fourth-order valence-electron chi connectivity index (χ4n) is 2.73. The minimum absolute atomic E-state index is 0.0588. The van der Waals surface area contributed by atoms with Gasteiger partial charge in [0, 0.05) is 17.1 Å². The van der Waals surface area contributed by atoms with Crippen molar-refractivity contribution in [2.24, 2.45) is 0 Å². The molecule has 4 rings (SSSR count). The predicted molar refractivity (Wildman–Crippen MR) is 91.3 cm³/mol. The van der Waals surface area contributed by atoms with E-state index in [0.29, 0.717) is 22.0 Å². The van der Waals surface area contributed by atoms with Gasteiger partial charge >= 0.3 is 5.63 Å². The van der Waals surface area contributed by atoms with Gasteiger partial charge in [0.2, 0.25) is 0 Å². The Morgan fingerprint density at radius 3 is 2.62 bits per heavy atom. The van der Waals surface area contributed by atoms with Crippen LogP contribution in [0.5, 0.6) is 0 Å². The maximum absolute atomic E-state index is 12.4. The second-order valence-corrected chi connectivity index (χ2v) is 5.76. The molecule has 0 aliphatic heterocycles. The number of ketones is 1. The maximum Gasteiger partial charge on any atom is 0.347 e. The van der Waals surface area contributed by atoms with Crippen LogP contribution in [0.25, 0.3) is 21.9 Å². The maximum atomic E-state index is 12.4. The lowest BCUT2D eigenvalue weighted by Gasteiger charge is -2.01. The minimum atomic E-state index is -0.447. The molecule has 0 saturated carbocycles. The number of nitrogens with zero attached hydrogens (tertiary/aromatic N) is 2. The average molecular weight is 318 g/mol. The van der Waals surface area contributed by atoms with Gasteiger partial charge in [0.1, 0.15) is 23.0 Å². The first-order valence-corrected chi connectivity index (χ1v) is 7.61. The third kappa shape index (κ3) is 2.40. The van der Waals surface area contributed by atoms with Crippen LogP contribution in [0, 0.1) is 6.92 Å². The van der Waals surface area contributed by atoms with Crippen LogP contribution < -0.4 is 5.63 Å². The van der Waals surface area contributed by atoms with Gasteiger partial charge in [0.05, 0.1) is 0 Å². The monoisotopic (exact) mass is 318 g/mol. The van der Waals surface area contributed by atoms with Crippen molar-refractivity contribution in [3.63, 3.8) is 0 Å². The molecular formula is C19H14N2O3. The zero-order valence-electron chi connectivity index (χ0n) is 13.0. The van der Waals surface area contributed by atoms with Crippen LogP contribution in [0.2, 0.25) is 0 Å². The highest BCUT2D eigenvalue weighted by molar-refractivity contribution is 6.01. The number of hydrogen-bond acceptors (Lipinski definition) is 4. The molecule has 118 valence electrons. The number of para-hydroxylation sites is 1. The second-order valence-electron chi connectivity index (χ2n) is 5.76. The average Bonchev–Trinajstić information content (AvgIpc) is 3.00. The first-order valence-electron chi connectivity index (χ1n) is 7.61. The molecule has 4 aromatic rings. The van der Waals surface area contributed by atoms with E-state index in [4.69, 9.17) is 4.42 Å². The Morgan fingerprint density at radius 1 is 1.08 bits per heavy atom. The van der Waals surface area contributed by atoms with E-state index in [9.17, 15) is 9.59 Å². The summed E-state index contributed by atoms with van der Waals surface area (Å²) in [7, 11) is 0. The first-order chi connectivity index (χ1) is 11.6. The van der Waals surface area contributed by atoms with Crippen LogP contribution in [0.15, 0.2) is 63.9 Å². The fraction of sp³-hybridized carbons (Fsp3) is 0.105. The van der Waals surface area contributed by atoms with Crippen molar-refractivity contribution in [3.8, 4) is 0 Å². The summed E-state index contributed by atoms with van der Waals surface area (Å²) in [6, 6.07) is 14.6. The quantitative estimate of drug-likeness (QED) is 0.429. The van der Waals surface area contributed by atoms with Crippen molar-refractivity contribution in [3.05, 3.63) is 76.3 Å². The predicted octanol–water partition coefficient (Wildman–Crippen LogP) is 3.33. The molecule has 0 N–H and O–H groups in total. The third-order valence-corrected chi connectivity index (χ3v) is 4.01. The summed E-state index contributed by atoms with van der Waals surface area (Å²) in [5, 5.41) is 5.56. The topological polar surface area (TPSA) is 65.1 Å². The van der Waals surface area contributed by atoms with Crippen LogP contribution in [-0.4, -0.2) is 15.6 Å². The summed E-state index contributed by atoms with van der Waals surface area (Å²) < 4.78 is 6.79. The number of aromatic nitrogens is 2. The molecule has 2 aromatic carbocycles. The van der Waals surface area contributed by atoms with Gasteiger partial charge in [-0.2, -0.15) is 5.10 Å². The Labute approximate surface area is 137 Å². The Balaban J connectivity index is 1.76. The van der Waals surface area contributed by atoms with E-state index in [1.54, 1.807) is 30.5 Å². The summed E-state index contributed by atoms with van der Waals surface area (Å²) >= 11 is 0. The Morgan fingerprint density at radius 2 is 1.83 bits per heavy atom. The number of rotatable bonds is 3. The molecule has 0 spiro atoms. The third-order valence-electron chi connectivity index (χ3n) is 4.01. The lowest BCUT2D eigenvalue weighted by atomic mass is 10.1. The first kappa shape index (κ1) is 14.4. The van der Waals surface area contributed by atoms with Gasteiger partial charge < -0.3 is 4.42 Å². The van der Waals surface area contributed by atoms with Crippen LogP contribution in [-0.2, 0) is 6.54 Å². The summed E-state index contributed by atoms with van der Waals surface area (Å²) in [5.41, 5.74) is 2.32. The molecular weight excluding hydrogens is 304 g/mol. The molecule has 2 aromatic heterocycles. The molecule has 0 fully saturated rings. The van der Waals surface area contributed by atoms with Crippen LogP contribution in [0.1, 0.15) is 15.9 Å². The van der Waals surface area contributed by atoms with E-state index >= 15 is 0 Å². The van der Waals surface area contributed by atoms with Crippen molar-refractivity contribution in [1.29, 1.82) is 0 Å². The number of fused-ring (bicyclic) bond motifs is 3. The van der Waals surface area contributed by atoms with Gasteiger partial charge in [0.15, 0.2) is 5.78 Å². The molecule has 0 radical (unpaired) electrons. The number of carbonyl (C=O) groups excluding carboxylic acids is 1. The number of hydrogen-bond donors (Lipinski definition) is 0. The van der Waals surface area contributed by atoms with E-state index in [-0.39, 0.29) is 12.3 Å². The molecule has 0 unspecified atom stereocenters. The summed E-state index contributed by atoms with van der Waals surface area (Å²) in [6.45, 7) is 2.05. The van der Waals surface area contributed by atoms with Gasteiger partial charge in [-0.15, -0.1) is 0 Å². The Hall–Kier alpha value is -3.21. The Bertz CT molecular complexity index is 1120. The minimum Gasteiger partial charge on any atom is -0.422 e. The van der Waals surface area contributed by atoms with Crippen LogP contribution in [0.3, 0.4) is 0 Å². The smallest absolute Gasteiger partial charge is 0.347 e. The summed E-state index contributed by atoms with van der Waals surface area (Å²) in [5.74, 6) is -0.0588. The molecule has 5 heteroatoms. The molecule has 0 atom stereocenters. The van der Waals surface area contributed by atoms with Crippen molar-refractivity contribution in [2.75, 3.05) is 0 Å². The normalized spacial score (nSPS) is 11.2. The highest BCUT2D eigenvalue weighted by Gasteiger charge is 2.13. The lowest BCUT2D eigenvalue weighted by Crippen LogP contribution is -2.10. The molecule has 0 aliphatic carbocycles. The van der Waals surface area contributed by atoms with Gasteiger partial charge in [-0.3, -0.25) is 9.48 Å². The standard InChI is InChI=1S/C19H14N2O3/c1-12-6-8-13(9-7-12)16(22)11-21-10-15-18(20-21)14-4-2-3-5-17(14)24-19(15)23/h2-10H,11H2,1H3. The number of carbonyl (C=O) groups is 1. The van der Waals surface area contributed by atoms with Crippen molar-refractivity contribution >= 4 is 27.7 Å². The van der Waals surface area contributed by atoms with Crippen molar-refractivity contribution < 1.29 is 9.21 Å².